The summed E-state index contributed by atoms with van der Waals surface area (Å²) in [4.78, 5) is 11.1. The van der Waals surface area contributed by atoms with Gasteiger partial charge in [0.25, 0.3) is 0 Å². The number of nitrogens with one attached hydrogen (secondary N) is 1. The molecule has 2 aliphatic rings. The zero-order chi connectivity index (χ0) is 17.2. The minimum atomic E-state index is 0.101. The highest BCUT2D eigenvalue weighted by Gasteiger charge is 2.37. The summed E-state index contributed by atoms with van der Waals surface area (Å²) in [6.07, 6.45) is 4.49. The molecule has 0 bridgehead atoms. The van der Waals surface area contributed by atoms with Crippen molar-refractivity contribution < 1.29 is 9.47 Å². The van der Waals surface area contributed by atoms with Crippen molar-refractivity contribution in [3.05, 3.63) is 47.2 Å². The Bertz CT molecular complexity index is 710. The molecule has 3 atom stereocenters. The minimum Gasteiger partial charge on any atom is -0.494 e. The van der Waals surface area contributed by atoms with Gasteiger partial charge in [-0.3, -0.25) is 4.90 Å². The van der Waals surface area contributed by atoms with Crippen LogP contribution in [-0.2, 0) is 4.74 Å². The van der Waals surface area contributed by atoms with E-state index < -0.39 is 0 Å². The van der Waals surface area contributed by atoms with Gasteiger partial charge in [0.05, 0.1) is 32.2 Å². The lowest BCUT2D eigenvalue weighted by molar-refractivity contribution is -0.0501. The van der Waals surface area contributed by atoms with Gasteiger partial charge in [-0.1, -0.05) is 23.7 Å². The van der Waals surface area contributed by atoms with Crippen molar-refractivity contribution in [3.63, 3.8) is 0 Å². The quantitative estimate of drug-likeness (QED) is 0.904. The molecule has 0 amide bonds. The fourth-order valence-corrected chi connectivity index (χ4v) is 3.66. The fourth-order valence-electron chi connectivity index (χ4n) is 3.54. The molecule has 0 aliphatic carbocycles. The number of aromatic nitrogens is 2. The SMILES string of the molecule is COc1cnc(N[C@@H]2C[C@H]3CO[C@@H](c4ccc(Cl)cc4)CN3C2)nc1. The van der Waals surface area contributed by atoms with Gasteiger partial charge in [-0.15, -0.1) is 0 Å². The van der Waals surface area contributed by atoms with Gasteiger partial charge < -0.3 is 14.8 Å². The van der Waals surface area contributed by atoms with Crippen LogP contribution in [0.25, 0.3) is 0 Å². The molecule has 3 heterocycles. The number of hydrogen-bond acceptors (Lipinski definition) is 6. The molecular weight excluding hydrogens is 340 g/mol. The first-order chi connectivity index (χ1) is 12.2. The highest BCUT2D eigenvalue weighted by atomic mass is 35.5. The monoisotopic (exact) mass is 360 g/mol. The highest BCUT2D eigenvalue weighted by molar-refractivity contribution is 6.30. The maximum Gasteiger partial charge on any atom is 0.223 e. The fraction of sp³-hybridized carbons (Fsp3) is 0.444. The number of fused-ring (bicyclic) bond motifs is 1. The summed E-state index contributed by atoms with van der Waals surface area (Å²) in [5.74, 6) is 1.30. The van der Waals surface area contributed by atoms with Crippen LogP contribution in [0.3, 0.4) is 0 Å². The molecule has 1 N–H and O–H groups in total. The van der Waals surface area contributed by atoms with E-state index in [9.17, 15) is 0 Å². The molecular formula is C18H21ClN4O2. The number of hydrogen-bond donors (Lipinski definition) is 1. The lowest BCUT2D eigenvalue weighted by atomic mass is 10.1. The smallest absolute Gasteiger partial charge is 0.223 e. The molecule has 0 unspecified atom stereocenters. The number of morpholine rings is 1. The summed E-state index contributed by atoms with van der Waals surface area (Å²) in [5, 5.41) is 4.17. The number of methoxy groups -OCH3 is 1. The first-order valence-electron chi connectivity index (χ1n) is 8.45. The predicted octanol–water partition coefficient (Wildman–Crippen LogP) is 2.76. The maximum atomic E-state index is 6.09. The van der Waals surface area contributed by atoms with Crippen LogP contribution in [0.15, 0.2) is 36.7 Å². The van der Waals surface area contributed by atoms with Gasteiger partial charge in [-0.25, -0.2) is 9.97 Å². The van der Waals surface area contributed by atoms with Crippen LogP contribution >= 0.6 is 11.6 Å². The molecule has 7 heteroatoms. The van der Waals surface area contributed by atoms with Crippen molar-refractivity contribution >= 4 is 17.5 Å². The Kier molecular flexibility index (Phi) is 4.74. The predicted molar refractivity (Wildman–Crippen MR) is 96.1 cm³/mol. The van der Waals surface area contributed by atoms with Crippen LogP contribution in [0.1, 0.15) is 18.1 Å². The zero-order valence-electron chi connectivity index (χ0n) is 14.1. The molecule has 6 nitrogen and oxygen atoms in total. The summed E-state index contributed by atoms with van der Waals surface area (Å²) >= 11 is 5.98. The van der Waals surface area contributed by atoms with Gasteiger partial charge in [0.2, 0.25) is 5.95 Å². The van der Waals surface area contributed by atoms with Crippen LogP contribution in [-0.4, -0.2) is 53.8 Å². The molecule has 2 aromatic rings. The van der Waals surface area contributed by atoms with Gasteiger partial charge in [0, 0.05) is 30.2 Å². The third-order valence-electron chi connectivity index (χ3n) is 4.86. The van der Waals surface area contributed by atoms with Crippen molar-refractivity contribution in [2.75, 3.05) is 32.1 Å². The number of nitrogens with zero attached hydrogens (tertiary/aromatic N) is 3. The number of halogens is 1. The van der Waals surface area contributed by atoms with Crippen molar-refractivity contribution in [2.45, 2.75) is 24.6 Å². The van der Waals surface area contributed by atoms with Gasteiger partial charge in [-0.2, -0.15) is 0 Å². The van der Waals surface area contributed by atoms with E-state index in [1.165, 1.54) is 5.56 Å². The van der Waals surface area contributed by atoms with Gasteiger partial charge in [0.1, 0.15) is 0 Å². The first kappa shape index (κ1) is 16.6. The van der Waals surface area contributed by atoms with Crippen LogP contribution in [0.2, 0.25) is 5.02 Å². The number of ether oxygens (including phenoxy) is 2. The molecule has 4 rings (SSSR count). The van der Waals surface area contributed by atoms with E-state index in [1.54, 1.807) is 19.5 Å². The van der Waals surface area contributed by atoms with Crippen molar-refractivity contribution in [1.82, 2.24) is 14.9 Å². The van der Waals surface area contributed by atoms with E-state index in [2.05, 4.69) is 20.2 Å². The molecule has 0 radical (unpaired) electrons. The Morgan fingerprint density at radius 1 is 1.20 bits per heavy atom. The Labute approximate surface area is 152 Å². The summed E-state index contributed by atoms with van der Waals surface area (Å²) in [5.41, 5.74) is 1.18. The number of rotatable bonds is 4. The summed E-state index contributed by atoms with van der Waals surface area (Å²) in [7, 11) is 1.61. The Morgan fingerprint density at radius 3 is 2.68 bits per heavy atom. The second-order valence-electron chi connectivity index (χ2n) is 6.50. The normalized spacial score (nSPS) is 26.2. The molecule has 2 saturated heterocycles. The molecule has 1 aromatic heterocycles. The number of anilines is 1. The van der Waals surface area contributed by atoms with E-state index in [0.29, 0.717) is 23.8 Å². The van der Waals surface area contributed by atoms with Crippen LogP contribution in [0.4, 0.5) is 5.95 Å². The second kappa shape index (κ2) is 7.15. The standard InChI is InChI=1S/C18H21ClN4O2/c1-24-16-7-20-18(21-8-16)22-14-6-15-11-25-17(10-23(15)9-14)12-2-4-13(19)5-3-12/h2-5,7-8,14-15,17H,6,9-11H2,1H3,(H,20,21,22)/t14-,15+,17-/m1/s1. The van der Waals surface area contributed by atoms with Crippen molar-refractivity contribution in [2.24, 2.45) is 0 Å². The van der Waals surface area contributed by atoms with Gasteiger partial charge >= 0.3 is 0 Å². The van der Waals surface area contributed by atoms with Crippen LogP contribution in [0, 0.1) is 0 Å². The van der Waals surface area contributed by atoms with Crippen molar-refractivity contribution in [3.8, 4) is 5.75 Å². The Hall–Kier alpha value is -1.89. The maximum absolute atomic E-state index is 6.09. The van der Waals surface area contributed by atoms with Crippen molar-refractivity contribution in [1.29, 1.82) is 0 Å². The van der Waals surface area contributed by atoms with E-state index in [4.69, 9.17) is 21.1 Å². The average molecular weight is 361 g/mol. The van der Waals surface area contributed by atoms with E-state index in [0.717, 1.165) is 31.1 Å². The van der Waals surface area contributed by atoms with Crippen LogP contribution in [0.5, 0.6) is 5.75 Å². The third kappa shape index (κ3) is 3.71. The largest absolute Gasteiger partial charge is 0.494 e. The second-order valence-corrected chi connectivity index (χ2v) is 6.94. The molecule has 25 heavy (non-hydrogen) atoms. The summed E-state index contributed by atoms with van der Waals surface area (Å²) < 4.78 is 11.2. The molecule has 0 saturated carbocycles. The van der Waals surface area contributed by atoms with E-state index in [-0.39, 0.29) is 6.10 Å². The minimum absolute atomic E-state index is 0.101. The molecule has 0 spiro atoms. The Balaban J connectivity index is 1.37. The number of benzene rings is 1. The first-order valence-corrected chi connectivity index (χ1v) is 8.83. The highest BCUT2D eigenvalue weighted by Crippen LogP contribution is 2.31. The van der Waals surface area contributed by atoms with E-state index in [1.807, 2.05) is 24.3 Å². The summed E-state index contributed by atoms with van der Waals surface area (Å²) in [6, 6.07) is 8.70. The van der Waals surface area contributed by atoms with Gasteiger partial charge in [-0.05, 0) is 24.1 Å². The van der Waals surface area contributed by atoms with Gasteiger partial charge in [0.15, 0.2) is 5.75 Å². The summed E-state index contributed by atoms with van der Waals surface area (Å²) in [6.45, 7) is 2.61. The van der Waals surface area contributed by atoms with E-state index >= 15 is 0 Å². The lowest BCUT2D eigenvalue weighted by Crippen LogP contribution is -2.42. The average Bonchev–Trinajstić information content (AvgIpc) is 3.04. The molecule has 2 aliphatic heterocycles. The lowest BCUT2D eigenvalue weighted by Gasteiger charge is -2.35. The topological polar surface area (TPSA) is 59.5 Å². The molecule has 2 fully saturated rings. The third-order valence-corrected chi connectivity index (χ3v) is 5.11. The molecule has 132 valence electrons. The molecule has 1 aromatic carbocycles. The Morgan fingerprint density at radius 2 is 1.96 bits per heavy atom. The zero-order valence-corrected chi connectivity index (χ0v) is 14.8. The van der Waals surface area contributed by atoms with Crippen LogP contribution < -0.4 is 10.1 Å².